The number of ketones is 1. The molecule has 0 spiro atoms. The van der Waals surface area contributed by atoms with Crippen LogP contribution in [0.2, 0.25) is 5.02 Å². The molecule has 0 saturated heterocycles. The molecule has 29 heavy (non-hydrogen) atoms. The van der Waals surface area contributed by atoms with Gasteiger partial charge in [-0.25, -0.2) is 0 Å². The van der Waals surface area contributed by atoms with Crippen LogP contribution in [0.3, 0.4) is 0 Å². The number of nitrogens with one attached hydrogen (secondary N) is 1. The molecule has 0 aliphatic carbocycles. The minimum absolute atomic E-state index is 0.216. The molecule has 1 amide bonds. The molecule has 0 fully saturated rings. The molecule has 4 nitrogen and oxygen atoms in total. The topological polar surface area (TPSA) is 55.4 Å². The molecule has 5 heteroatoms. The van der Waals surface area contributed by atoms with Gasteiger partial charge in [-0.1, -0.05) is 61.0 Å². The molecule has 1 N–H and O–H groups in total. The summed E-state index contributed by atoms with van der Waals surface area (Å²) in [7, 11) is 0. The van der Waals surface area contributed by atoms with Crippen molar-refractivity contribution in [2.75, 3.05) is 5.32 Å². The fourth-order valence-corrected chi connectivity index (χ4v) is 3.03. The fraction of sp³-hybridized carbons (Fsp3) is 0.167. The molecular formula is C24H22ClNO3. The van der Waals surface area contributed by atoms with Gasteiger partial charge in [0.15, 0.2) is 11.9 Å². The first-order valence-electron chi connectivity index (χ1n) is 9.43. The van der Waals surface area contributed by atoms with E-state index in [1.807, 2.05) is 30.3 Å². The Kier molecular flexibility index (Phi) is 6.68. The lowest BCUT2D eigenvalue weighted by Crippen LogP contribution is -2.30. The highest BCUT2D eigenvalue weighted by molar-refractivity contribution is 6.31. The van der Waals surface area contributed by atoms with Crippen LogP contribution >= 0.6 is 11.6 Å². The monoisotopic (exact) mass is 407 g/mol. The van der Waals surface area contributed by atoms with Crippen molar-refractivity contribution in [3.63, 3.8) is 0 Å². The standard InChI is InChI=1S/C24H22ClNO3/c1-3-17-9-12-20(13-10-17)29-16(2)24(28)26-22-14-11-19(25)15-21(22)23(27)18-7-5-4-6-8-18/h4-16H,3H2,1-2H3,(H,26,28). The van der Waals surface area contributed by atoms with E-state index in [1.165, 1.54) is 5.56 Å². The Balaban J connectivity index is 1.76. The number of ether oxygens (including phenoxy) is 1. The average Bonchev–Trinajstić information content (AvgIpc) is 2.75. The molecule has 3 aromatic rings. The lowest BCUT2D eigenvalue weighted by Gasteiger charge is -2.17. The normalized spacial score (nSPS) is 11.6. The SMILES string of the molecule is CCc1ccc(OC(C)C(=O)Nc2ccc(Cl)cc2C(=O)c2ccccc2)cc1. The average molecular weight is 408 g/mol. The van der Waals surface area contributed by atoms with Crippen LogP contribution in [0.25, 0.3) is 0 Å². The highest BCUT2D eigenvalue weighted by atomic mass is 35.5. The molecule has 1 atom stereocenters. The zero-order valence-corrected chi connectivity index (χ0v) is 17.1. The number of hydrogen-bond donors (Lipinski definition) is 1. The molecule has 3 aromatic carbocycles. The number of aryl methyl sites for hydroxylation is 1. The smallest absolute Gasteiger partial charge is 0.265 e. The van der Waals surface area contributed by atoms with Crippen molar-refractivity contribution in [3.8, 4) is 5.75 Å². The summed E-state index contributed by atoms with van der Waals surface area (Å²) in [5.41, 5.74) is 2.44. The van der Waals surface area contributed by atoms with Crippen molar-refractivity contribution < 1.29 is 14.3 Å². The van der Waals surface area contributed by atoms with Crippen LogP contribution in [0.4, 0.5) is 5.69 Å². The predicted molar refractivity (Wildman–Crippen MR) is 116 cm³/mol. The summed E-state index contributed by atoms with van der Waals surface area (Å²) in [6, 6.07) is 21.3. The van der Waals surface area contributed by atoms with E-state index in [0.717, 1.165) is 6.42 Å². The van der Waals surface area contributed by atoms with E-state index < -0.39 is 6.10 Å². The van der Waals surface area contributed by atoms with E-state index in [4.69, 9.17) is 16.3 Å². The Morgan fingerprint density at radius 3 is 2.34 bits per heavy atom. The van der Waals surface area contributed by atoms with Gasteiger partial charge in [0, 0.05) is 16.1 Å². The quantitative estimate of drug-likeness (QED) is 0.523. The number of carbonyl (C=O) groups is 2. The Labute approximate surface area is 175 Å². The summed E-state index contributed by atoms with van der Waals surface area (Å²) >= 11 is 6.09. The first-order valence-corrected chi connectivity index (χ1v) is 9.81. The number of rotatable bonds is 7. The van der Waals surface area contributed by atoms with Crippen LogP contribution in [0.15, 0.2) is 72.8 Å². The Hall–Kier alpha value is -3.11. The largest absolute Gasteiger partial charge is 0.481 e. The third-order valence-electron chi connectivity index (χ3n) is 4.53. The van der Waals surface area contributed by atoms with E-state index in [2.05, 4.69) is 12.2 Å². The van der Waals surface area contributed by atoms with Gasteiger partial charge in [-0.3, -0.25) is 9.59 Å². The molecule has 3 rings (SSSR count). The molecule has 0 aliphatic rings. The minimum atomic E-state index is -0.738. The molecule has 0 heterocycles. The number of amides is 1. The Morgan fingerprint density at radius 2 is 1.69 bits per heavy atom. The van der Waals surface area contributed by atoms with Crippen molar-refractivity contribution in [3.05, 3.63) is 94.5 Å². The number of benzene rings is 3. The molecule has 0 aliphatic heterocycles. The van der Waals surface area contributed by atoms with Crippen molar-refractivity contribution in [2.45, 2.75) is 26.4 Å². The maximum Gasteiger partial charge on any atom is 0.265 e. The van der Waals surface area contributed by atoms with Crippen molar-refractivity contribution in [1.82, 2.24) is 0 Å². The Morgan fingerprint density at radius 1 is 1.00 bits per heavy atom. The van der Waals surface area contributed by atoms with Crippen molar-refractivity contribution >= 4 is 29.0 Å². The molecular weight excluding hydrogens is 386 g/mol. The highest BCUT2D eigenvalue weighted by Crippen LogP contribution is 2.24. The molecule has 1 unspecified atom stereocenters. The van der Waals surface area contributed by atoms with Crippen LogP contribution in [0.1, 0.15) is 35.3 Å². The fourth-order valence-electron chi connectivity index (χ4n) is 2.85. The lowest BCUT2D eigenvalue weighted by atomic mass is 10.0. The van der Waals surface area contributed by atoms with E-state index >= 15 is 0 Å². The van der Waals surface area contributed by atoms with E-state index in [0.29, 0.717) is 27.6 Å². The van der Waals surface area contributed by atoms with Gasteiger partial charge in [0.05, 0.1) is 5.69 Å². The maximum atomic E-state index is 12.9. The zero-order valence-electron chi connectivity index (χ0n) is 16.3. The minimum Gasteiger partial charge on any atom is -0.481 e. The van der Waals surface area contributed by atoms with Crippen molar-refractivity contribution in [2.24, 2.45) is 0 Å². The van der Waals surface area contributed by atoms with Gasteiger partial charge in [-0.05, 0) is 49.2 Å². The third kappa shape index (κ3) is 5.24. The van der Waals surface area contributed by atoms with E-state index in [1.54, 1.807) is 49.4 Å². The zero-order chi connectivity index (χ0) is 20.8. The van der Waals surface area contributed by atoms with Crippen molar-refractivity contribution in [1.29, 1.82) is 0 Å². The van der Waals surface area contributed by atoms with E-state index in [-0.39, 0.29) is 11.7 Å². The maximum absolute atomic E-state index is 12.9. The summed E-state index contributed by atoms with van der Waals surface area (Å²) in [5, 5.41) is 3.21. The highest BCUT2D eigenvalue weighted by Gasteiger charge is 2.20. The predicted octanol–water partition coefficient (Wildman–Crippen LogP) is 5.54. The van der Waals surface area contributed by atoms with Crippen LogP contribution in [0.5, 0.6) is 5.75 Å². The lowest BCUT2D eigenvalue weighted by molar-refractivity contribution is -0.122. The molecule has 148 valence electrons. The first-order chi connectivity index (χ1) is 14.0. The second kappa shape index (κ2) is 9.39. The molecule has 0 bridgehead atoms. The second-order valence-electron chi connectivity index (χ2n) is 6.63. The second-order valence-corrected chi connectivity index (χ2v) is 7.07. The summed E-state index contributed by atoms with van der Waals surface area (Å²) in [6.45, 7) is 3.74. The van der Waals surface area contributed by atoms with Gasteiger partial charge in [-0.2, -0.15) is 0 Å². The first kappa shape index (κ1) is 20.6. The third-order valence-corrected chi connectivity index (χ3v) is 4.77. The number of carbonyl (C=O) groups excluding carboxylic acids is 2. The summed E-state index contributed by atoms with van der Waals surface area (Å²) in [6.07, 6.45) is 0.198. The van der Waals surface area contributed by atoms with Gasteiger partial charge in [0.2, 0.25) is 0 Å². The van der Waals surface area contributed by atoms with Crippen LogP contribution in [0, 0.1) is 0 Å². The van der Waals surface area contributed by atoms with Gasteiger partial charge in [-0.15, -0.1) is 0 Å². The van der Waals surface area contributed by atoms with Crippen LogP contribution in [-0.2, 0) is 11.2 Å². The summed E-state index contributed by atoms with van der Waals surface area (Å²) in [5.74, 6) is 0.0441. The molecule has 0 aromatic heterocycles. The van der Waals surface area contributed by atoms with Gasteiger partial charge >= 0.3 is 0 Å². The molecule has 0 radical (unpaired) electrons. The Bertz CT molecular complexity index is 1000. The van der Waals surface area contributed by atoms with Gasteiger partial charge < -0.3 is 10.1 Å². The number of halogens is 1. The van der Waals surface area contributed by atoms with Gasteiger partial charge in [0.1, 0.15) is 5.75 Å². The van der Waals surface area contributed by atoms with Crippen LogP contribution < -0.4 is 10.1 Å². The number of anilines is 1. The van der Waals surface area contributed by atoms with Crippen LogP contribution in [-0.4, -0.2) is 17.8 Å². The number of hydrogen-bond acceptors (Lipinski definition) is 3. The molecule has 0 saturated carbocycles. The summed E-state index contributed by atoms with van der Waals surface area (Å²) in [4.78, 5) is 25.5. The summed E-state index contributed by atoms with van der Waals surface area (Å²) < 4.78 is 5.73. The van der Waals surface area contributed by atoms with Gasteiger partial charge in [0.25, 0.3) is 5.91 Å². The van der Waals surface area contributed by atoms with E-state index in [9.17, 15) is 9.59 Å².